The summed E-state index contributed by atoms with van der Waals surface area (Å²) in [6.45, 7) is 0.934. The van der Waals surface area contributed by atoms with Crippen molar-refractivity contribution < 1.29 is 23.5 Å². The van der Waals surface area contributed by atoms with Crippen LogP contribution < -0.4 is 14.2 Å². The number of aromatic nitrogens is 2. The van der Waals surface area contributed by atoms with E-state index in [1.54, 1.807) is 33.5 Å². The summed E-state index contributed by atoms with van der Waals surface area (Å²) in [6, 6.07) is 22.9. The van der Waals surface area contributed by atoms with Crippen molar-refractivity contribution in [1.29, 1.82) is 0 Å². The standard InChI is InChI=1S/C28H29N3O5/c1-33-23-12-9-20(10-13-23)17-27(32)31(19-21-7-5-4-6-8-21)16-15-26-29-28(30-36-26)22-11-14-24(34-2)25(18-22)35-3/h4-14,18H,15-17,19H2,1-3H3. The van der Waals surface area contributed by atoms with Crippen molar-refractivity contribution in [3.05, 3.63) is 89.8 Å². The van der Waals surface area contributed by atoms with Gasteiger partial charge in [0, 0.05) is 25.1 Å². The first-order chi connectivity index (χ1) is 17.6. The third-order valence-corrected chi connectivity index (χ3v) is 5.79. The maximum Gasteiger partial charge on any atom is 0.228 e. The summed E-state index contributed by atoms with van der Waals surface area (Å²) in [7, 11) is 4.78. The molecule has 1 heterocycles. The van der Waals surface area contributed by atoms with Crippen LogP contribution in [0.5, 0.6) is 17.2 Å². The smallest absolute Gasteiger partial charge is 0.228 e. The molecule has 0 atom stereocenters. The zero-order valence-corrected chi connectivity index (χ0v) is 20.6. The van der Waals surface area contributed by atoms with E-state index in [-0.39, 0.29) is 12.3 Å². The van der Waals surface area contributed by atoms with Crippen LogP contribution in [0.4, 0.5) is 0 Å². The summed E-state index contributed by atoms with van der Waals surface area (Å²) in [6.07, 6.45) is 0.721. The molecule has 186 valence electrons. The average Bonchev–Trinajstić information content (AvgIpc) is 3.40. The van der Waals surface area contributed by atoms with E-state index in [2.05, 4.69) is 10.1 Å². The fraction of sp³-hybridized carbons (Fsp3) is 0.250. The zero-order chi connectivity index (χ0) is 25.3. The van der Waals surface area contributed by atoms with Crippen LogP contribution in [-0.4, -0.2) is 48.8 Å². The highest BCUT2D eigenvalue weighted by molar-refractivity contribution is 5.78. The molecule has 0 aliphatic rings. The fourth-order valence-electron chi connectivity index (χ4n) is 3.81. The van der Waals surface area contributed by atoms with Crippen LogP contribution in [0.1, 0.15) is 17.0 Å². The SMILES string of the molecule is COc1ccc(CC(=O)N(CCc2nc(-c3ccc(OC)c(OC)c3)no2)Cc2ccccc2)cc1. The van der Waals surface area contributed by atoms with E-state index >= 15 is 0 Å². The highest BCUT2D eigenvalue weighted by atomic mass is 16.5. The van der Waals surface area contributed by atoms with Crippen molar-refractivity contribution >= 4 is 5.91 Å². The molecule has 0 radical (unpaired) electrons. The van der Waals surface area contributed by atoms with Crippen molar-refractivity contribution in [2.45, 2.75) is 19.4 Å². The molecule has 0 aliphatic heterocycles. The van der Waals surface area contributed by atoms with Crippen molar-refractivity contribution in [3.8, 4) is 28.6 Å². The van der Waals surface area contributed by atoms with Crippen LogP contribution in [0.3, 0.4) is 0 Å². The Hall–Kier alpha value is -4.33. The highest BCUT2D eigenvalue weighted by Crippen LogP contribution is 2.31. The van der Waals surface area contributed by atoms with Gasteiger partial charge in [-0.05, 0) is 41.5 Å². The first kappa shape index (κ1) is 24.8. The van der Waals surface area contributed by atoms with Crippen molar-refractivity contribution in [1.82, 2.24) is 15.0 Å². The van der Waals surface area contributed by atoms with Gasteiger partial charge in [-0.1, -0.05) is 47.6 Å². The van der Waals surface area contributed by atoms with Gasteiger partial charge in [-0.15, -0.1) is 0 Å². The third-order valence-electron chi connectivity index (χ3n) is 5.79. The van der Waals surface area contributed by atoms with Crippen molar-refractivity contribution in [2.24, 2.45) is 0 Å². The Morgan fingerprint density at radius 3 is 2.31 bits per heavy atom. The number of benzene rings is 3. The second kappa shape index (κ2) is 11.9. The Labute approximate surface area is 210 Å². The van der Waals surface area contributed by atoms with E-state index in [9.17, 15) is 4.79 Å². The minimum atomic E-state index is 0.0173. The topological polar surface area (TPSA) is 86.9 Å². The maximum absolute atomic E-state index is 13.3. The molecule has 8 nitrogen and oxygen atoms in total. The summed E-state index contributed by atoms with van der Waals surface area (Å²) < 4.78 is 21.4. The molecule has 0 aliphatic carbocycles. The van der Waals surface area contributed by atoms with E-state index in [0.717, 1.165) is 22.4 Å². The minimum absolute atomic E-state index is 0.0173. The Morgan fingerprint density at radius 2 is 1.61 bits per heavy atom. The molecular weight excluding hydrogens is 458 g/mol. The van der Waals surface area contributed by atoms with E-state index in [4.69, 9.17) is 18.7 Å². The van der Waals surface area contributed by atoms with Gasteiger partial charge >= 0.3 is 0 Å². The zero-order valence-electron chi connectivity index (χ0n) is 20.6. The van der Waals surface area contributed by atoms with Crippen LogP contribution in [-0.2, 0) is 24.2 Å². The van der Waals surface area contributed by atoms with Gasteiger partial charge in [0.05, 0.1) is 27.8 Å². The molecule has 4 aromatic rings. The molecule has 0 bridgehead atoms. The maximum atomic E-state index is 13.3. The lowest BCUT2D eigenvalue weighted by atomic mass is 10.1. The summed E-state index contributed by atoms with van der Waals surface area (Å²) in [4.78, 5) is 19.6. The Morgan fingerprint density at radius 1 is 0.861 bits per heavy atom. The number of ether oxygens (including phenoxy) is 3. The molecule has 0 saturated heterocycles. The number of carbonyl (C=O) groups excluding carboxylic acids is 1. The summed E-state index contributed by atoms with van der Waals surface area (Å²) in [5.74, 6) is 2.88. The largest absolute Gasteiger partial charge is 0.497 e. The van der Waals surface area contributed by atoms with Crippen molar-refractivity contribution in [2.75, 3.05) is 27.9 Å². The summed E-state index contributed by atoms with van der Waals surface area (Å²) in [5.41, 5.74) is 2.73. The lowest BCUT2D eigenvalue weighted by molar-refractivity contribution is -0.131. The number of carbonyl (C=O) groups is 1. The van der Waals surface area contributed by atoms with Gasteiger partial charge in [-0.25, -0.2) is 0 Å². The fourth-order valence-corrected chi connectivity index (χ4v) is 3.81. The molecular formula is C28H29N3O5. The molecule has 36 heavy (non-hydrogen) atoms. The first-order valence-corrected chi connectivity index (χ1v) is 11.6. The number of methoxy groups -OCH3 is 3. The van der Waals surface area contributed by atoms with Crippen molar-refractivity contribution in [3.63, 3.8) is 0 Å². The first-order valence-electron chi connectivity index (χ1n) is 11.6. The lowest BCUT2D eigenvalue weighted by Crippen LogP contribution is -2.33. The van der Waals surface area contributed by atoms with Crippen LogP contribution >= 0.6 is 0 Å². The van der Waals surface area contributed by atoms with Crippen LogP contribution in [0.25, 0.3) is 11.4 Å². The van der Waals surface area contributed by atoms with Gasteiger partial charge in [0.1, 0.15) is 5.75 Å². The Balaban J connectivity index is 1.46. The van der Waals surface area contributed by atoms with Gasteiger partial charge in [-0.3, -0.25) is 4.79 Å². The second-order valence-corrected chi connectivity index (χ2v) is 8.16. The number of hydrogen-bond donors (Lipinski definition) is 0. The average molecular weight is 488 g/mol. The number of nitrogens with zero attached hydrogens (tertiary/aromatic N) is 3. The molecule has 0 fully saturated rings. The van der Waals surface area contributed by atoms with Gasteiger partial charge in [-0.2, -0.15) is 4.98 Å². The predicted octanol–water partition coefficient (Wildman–Crippen LogP) is 4.58. The van der Waals surface area contributed by atoms with E-state index in [1.165, 1.54) is 0 Å². The minimum Gasteiger partial charge on any atom is -0.497 e. The molecule has 1 amide bonds. The highest BCUT2D eigenvalue weighted by Gasteiger charge is 2.18. The van der Waals surface area contributed by atoms with Crippen LogP contribution in [0, 0.1) is 0 Å². The number of hydrogen-bond acceptors (Lipinski definition) is 7. The molecule has 3 aromatic carbocycles. The quantitative estimate of drug-likeness (QED) is 0.306. The molecule has 1 aromatic heterocycles. The number of amides is 1. The molecule has 0 N–H and O–H groups in total. The van der Waals surface area contributed by atoms with E-state index in [1.807, 2.05) is 65.6 Å². The second-order valence-electron chi connectivity index (χ2n) is 8.16. The van der Waals surface area contributed by atoms with E-state index in [0.29, 0.717) is 42.7 Å². The third kappa shape index (κ3) is 6.21. The predicted molar refractivity (Wildman–Crippen MR) is 135 cm³/mol. The lowest BCUT2D eigenvalue weighted by Gasteiger charge is -2.22. The van der Waals surface area contributed by atoms with E-state index < -0.39 is 0 Å². The molecule has 0 spiro atoms. The Kier molecular flexibility index (Phi) is 8.18. The van der Waals surface area contributed by atoms with Gasteiger partial charge in [0.15, 0.2) is 11.5 Å². The van der Waals surface area contributed by atoms with Gasteiger partial charge in [0.2, 0.25) is 17.6 Å². The molecule has 4 rings (SSSR count). The number of rotatable bonds is 11. The summed E-state index contributed by atoms with van der Waals surface area (Å²) in [5, 5.41) is 4.11. The Bertz CT molecular complexity index is 1270. The van der Waals surface area contributed by atoms with Crippen LogP contribution in [0.2, 0.25) is 0 Å². The molecule has 0 saturated carbocycles. The van der Waals surface area contributed by atoms with Gasteiger partial charge in [0.25, 0.3) is 0 Å². The summed E-state index contributed by atoms with van der Waals surface area (Å²) >= 11 is 0. The molecule has 0 unspecified atom stereocenters. The normalized spacial score (nSPS) is 10.6. The van der Waals surface area contributed by atoms with Gasteiger partial charge < -0.3 is 23.6 Å². The monoisotopic (exact) mass is 487 g/mol. The van der Waals surface area contributed by atoms with Crippen LogP contribution in [0.15, 0.2) is 77.3 Å². The molecule has 8 heteroatoms.